The zero-order valence-electron chi connectivity index (χ0n) is 18.3. The number of aromatic nitrogens is 3. The minimum Gasteiger partial charge on any atom is -0.364 e. The van der Waals surface area contributed by atoms with Gasteiger partial charge in [0.15, 0.2) is 12.1 Å². The molecule has 6 heteroatoms. The van der Waals surface area contributed by atoms with E-state index in [1.807, 2.05) is 55.5 Å². The smallest absolute Gasteiger partial charge is 0.163 e. The first-order valence-corrected chi connectivity index (χ1v) is 10.5. The van der Waals surface area contributed by atoms with Crippen molar-refractivity contribution in [2.24, 2.45) is 4.99 Å². The fourth-order valence-electron chi connectivity index (χ4n) is 3.49. The second kappa shape index (κ2) is 10.2. The van der Waals surface area contributed by atoms with Crippen LogP contribution in [0.25, 0.3) is 33.4 Å². The number of allylic oxidation sites excluding steroid dienone is 3. The molecule has 0 aliphatic rings. The van der Waals surface area contributed by atoms with E-state index in [0.29, 0.717) is 29.3 Å². The van der Waals surface area contributed by atoms with Gasteiger partial charge in [-0.25, -0.2) is 9.97 Å². The molecule has 162 valence electrons. The largest absolute Gasteiger partial charge is 0.364 e. The van der Waals surface area contributed by atoms with Crippen molar-refractivity contribution >= 4 is 29.7 Å². The Bertz CT molecular complexity index is 1360. The van der Waals surface area contributed by atoms with Crippen LogP contribution in [-0.4, -0.2) is 34.5 Å². The van der Waals surface area contributed by atoms with Crippen molar-refractivity contribution in [3.63, 3.8) is 0 Å². The zero-order valence-corrected chi connectivity index (χ0v) is 18.3. The number of carbonyl (C=O) groups is 1. The summed E-state index contributed by atoms with van der Waals surface area (Å²) >= 11 is 0. The number of aliphatic imine (C=N–C) groups is 1. The van der Waals surface area contributed by atoms with Gasteiger partial charge in [-0.05, 0) is 43.0 Å². The third-order valence-electron chi connectivity index (χ3n) is 5.08. The quantitative estimate of drug-likeness (QED) is 0.218. The Kier molecular flexibility index (Phi) is 6.75. The maximum Gasteiger partial charge on any atom is 0.163 e. The normalized spacial score (nSPS) is 11.6. The molecule has 0 spiro atoms. The number of nitrogens with zero attached hydrogens (tertiary/aromatic N) is 4. The van der Waals surface area contributed by atoms with Crippen molar-refractivity contribution < 1.29 is 4.79 Å². The van der Waals surface area contributed by atoms with Gasteiger partial charge >= 0.3 is 0 Å². The van der Waals surface area contributed by atoms with E-state index in [1.54, 1.807) is 12.3 Å². The van der Waals surface area contributed by atoms with E-state index >= 15 is 0 Å². The molecule has 0 aliphatic carbocycles. The van der Waals surface area contributed by atoms with Gasteiger partial charge in [-0.2, -0.15) is 0 Å². The molecule has 1 N–H and O–H groups in total. The van der Waals surface area contributed by atoms with Crippen molar-refractivity contribution in [2.75, 3.05) is 11.9 Å². The van der Waals surface area contributed by atoms with Crippen LogP contribution in [0.2, 0.25) is 0 Å². The Morgan fingerprint density at radius 2 is 1.91 bits per heavy atom. The molecule has 6 nitrogen and oxygen atoms in total. The number of rotatable bonds is 8. The van der Waals surface area contributed by atoms with E-state index in [1.165, 1.54) is 6.20 Å². The van der Waals surface area contributed by atoms with Crippen molar-refractivity contribution in [1.29, 1.82) is 0 Å². The molecular weight excluding hydrogens is 410 g/mol. The van der Waals surface area contributed by atoms with Gasteiger partial charge in [-0.15, -0.1) is 0 Å². The van der Waals surface area contributed by atoms with Gasteiger partial charge in [0.2, 0.25) is 0 Å². The lowest BCUT2D eigenvalue weighted by molar-refractivity contribution is 0.112. The minimum atomic E-state index is 0.440. The van der Waals surface area contributed by atoms with Crippen LogP contribution >= 0.6 is 0 Å². The average Bonchev–Trinajstić information content (AvgIpc) is 2.88. The number of fused-ring (bicyclic) bond motifs is 1. The van der Waals surface area contributed by atoms with Gasteiger partial charge in [-0.1, -0.05) is 54.6 Å². The SMILES string of the molecule is C=N/C(=C\C=C/C)CNc1nc(-c2cncc(C=O)c2)nc2cccc(-c3ccccc3)c12. The van der Waals surface area contributed by atoms with E-state index < -0.39 is 0 Å². The Hall–Kier alpha value is -4.45. The first-order valence-electron chi connectivity index (χ1n) is 10.5. The lowest BCUT2D eigenvalue weighted by atomic mass is 10.0. The standard InChI is InChI=1S/C27H23N5O/c1-3-4-11-22(28-2)17-30-27-25-23(20-9-6-5-7-10-20)12-8-13-24(25)31-26(32-27)21-14-19(18-33)15-29-16-21/h3-16,18H,2,17H2,1H3,(H,30,31,32)/b4-3-,22-11-. The summed E-state index contributed by atoms with van der Waals surface area (Å²) in [5.41, 5.74) is 4.79. The minimum absolute atomic E-state index is 0.440. The topological polar surface area (TPSA) is 80.1 Å². The molecule has 0 unspecified atom stereocenters. The van der Waals surface area contributed by atoms with Crippen molar-refractivity contribution in [3.8, 4) is 22.5 Å². The number of nitrogens with one attached hydrogen (secondary N) is 1. The van der Waals surface area contributed by atoms with Gasteiger partial charge in [0.1, 0.15) is 5.82 Å². The zero-order chi connectivity index (χ0) is 23.0. The van der Waals surface area contributed by atoms with Gasteiger partial charge in [0.25, 0.3) is 0 Å². The number of aldehydes is 1. The van der Waals surface area contributed by atoms with Crippen molar-refractivity contribution in [2.45, 2.75) is 6.92 Å². The molecule has 4 rings (SSSR count). The number of hydrogen-bond acceptors (Lipinski definition) is 6. The summed E-state index contributed by atoms with van der Waals surface area (Å²) in [7, 11) is 0. The summed E-state index contributed by atoms with van der Waals surface area (Å²) in [6.45, 7) is 6.06. The second-order valence-electron chi connectivity index (χ2n) is 7.28. The maximum absolute atomic E-state index is 11.2. The third kappa shape index (κ3) is 4.91. The highest BCUT2D eigenvalue weighted by atomic mass is 16.1. The van der Waals surface area contributed by atoms with E-state index in [-0.39, 0.29) is 0 Å². The van der Waals surface area contributed by atoms with Crippen LogP contribution in [0, 0.1) is 0 Å². The number of carbonyl (C=O) groups excluding carboxylic acids is 1. The Balaban J connectivity index is 1.89. The van der Waals surface area contributed by atoms with Crippen LogP contribution in [0.15, 0.2) is 95.9 Å². The predicted molar refractivity (Wildman–Crippen MR) is 135 cm³/mol. The summed E-state index contributed by atoms with van der Waals surface area (Å²) in [6.07, 6.45) is 9.68. The molecule has 0 saturated carbocycles. The molecule has 0 fully saturated rings. The molecule has 0 saturated heterocycles. The maximum atomic E-state index is 11.2. The summed E-state index contributed by atoms with van der Waals surface area (Å²) in [4.78, 5) is 29.1. The Labute approximate surface area is 192 Å². The van der Waals surface area contributed by atoms with Gasteiger partial charge < -0.3 is 5.32 Å². The predicted octanol–water partition coefficient (Wildman–Crippen LogP) is 5.74. The molecule has 2 aromatic heterocycles. The van der Waals surface area contributed by atoms with E-state index in [9.17, 15) is 4.79 Å². The molecule has 2 heterocycles. The van der Waals surface area contributed by atoms with E-state index in [0.717, 1.165) is 34.0 Å². The molecule has 0 aliphatic heterocycles. The molecule has 0 amide bonds. The highest BCUT2D eigenvalue weighted by Crippen LogP contribution is 2.34. The number of anilines is 1. The highest BCUT2D eigenvalue weighted by Gasteiger charge is 2.15. The van der Waals surface area contributed by atoms with Gasteiger partial charge in [0, 0.05) is 23.5 Å². The molecular formula is C27H23N5O. The molecule has 33 heavy (non-hydrogen) atoms. The van der Waals surface area contributed by atoms with Crippen LogP contribution in [0.3, 0.4) is 0 Å². The van der Waals surface area contributed by atoms with Crippen molar-refractivity contribution in [3.05, 3.63) is 96.5 Å². The monoisotopic (exact) mass is 433 g/mol. The summed E-state index contributed by atoms with van der Waals surface area (Å²) < 4.78 is 0. The van der Waals surface area contributed by atoms with Crippen LogP contribution in [0.1, 0.15) is 17.3 Å². The van der Waals surface area contributed by atoms with E-state index in [4.69, 9.17) is 9.97 Å². The van der Waals surface area contributed by atoms with E-state index in [2.05, 4.69) is 40.2 Å². The van der Waals surface area contributed by atoms with Crippen LogP contribution in [-0.2, 0) is 0 Å². The summed E-state index contributed by atoms with van der Waals surface area (Å²) in [6, 6.07) is 17.9. The molecule has 0 bridgehead atoms. The molecule has 2 aromatic carbocycles. The molecule has 0 radical (unpaired) electrons. The fourth-order valence-corrected chi connectivity index (χ4v) is 3.49. The molecule has 4 aromatic rings. The fraction of sp³-hybridized carbons (Fsp3) is 0.0741. The first-order chi connectivity index (χ1) is 16.2. The highest BCUT2D eigenvalue weighted by molar-refractivity contribution is 6.02. The average molecular weight is 434 g/mol. The lowest BCUT2D eigenvalue weighted by Crippen LogP contribution is -2.08. The summed E-state index contributed by atoms with van der Waals surface area (Å²) in [5, 5.41) is 4.32. The van der Waals surface area contributed by atoms with Gasteiger partial charge in [0.05, 0.1) is 23.1 Å². The Morgan fingerprint density at radius 3 is 2.67 bits per heavy atom. The number of benzene rings is 2. The number of pyridine rings is 1. The second-order valence-corrected chi connectivity index (χ2v) is 7.28. The van der Waals surface area contributed by atoms with Crippen molar-refractivity contribution in [1.82, 2.24) is 15.0 Å². The first kappa shape index (κ1) is 21.8. The lowest BCUT2D eigenvalue weighted by Gasteiger charge is -2.14. The van der Waals surface area contributed by atoms with Crippen LogP contribution in [0.4, 0.5) is 5.82 Å². The van der Waals surface area contributed by atoms with Gasteiger partial charge in [-0.3, -0.25) is 14.8 Å². The summed E-state index contributed by atoms with van der Waals surface area (Å²) in [5.74, 6) is 1.15. The third-order valence-corrected chi connectivity index (χ3v) is 5.08. The van der Waals surface area contributed by atoms with Crippen LogP contribution < -0.4 is 5.32 Å². The molecule has 0 atom stereocenters. The Morgan fingerprint density at radius 1 is 1.06 bits per heavy atom. The van der Waals surface area contributed by atoms with Crippen LogP contribution in [0.5, 0.6) is 0 Å². The number of hydrogen-bond donors (Lipinski definition) is 1.